The molecule has 0 bridgehead atoms. The van der Waals surface area contributed by atoms with E-state index >= 15 is 0 Å². The molecule has 6 atom stereocenters. The van der Waals surface area contributed by atoms with Gasteiger partial charge >= 0.3 is 23.5 Å². The van der Waals surface area contributed by atoms with E-state index in [-0.39, 0.29) is 11.6 Å². The Bertz CT molecular complexity index is 1290. The van der Waals surface area contributed by atoms with Crippen molar-refractivity contribution in [3.8, 4) is 11.8 Å². The smallest absolute Gasteiger partial charge is 0.387 e. The molecule has 0 spiro atoms. The molecule has 2 aromatic rings. The molecule has 2 aromatic heterocycles. The third-order valence-electron chi connectivity index (χ3n) is 4.17. The van der Waals surface area contributed by atoms with Crippen LogP contribution in [-0.4, -0.2) is 67.9 Å². The van der Waals surface area contributed by atoms with Crippen LogP contribution < -0.4 is 5.73 Å². The average Bonchev–Trinajstić information content (AvgIpc) is 3.17. The minimum Gasteiger partial charge on any atom is -0.387 e. The predicted molar refractivity (Wildman–Crippen MR) is 112 cm³/mol. The summed E-state index contributed by atoms with van der Waals surface area (Å²) >= 11 is 6.56. The molecule has 3 heterocycles. The quantitative estimate of drug-likeness (QED) is 0.140. The monoisotopic (exact) mass is 563 g/mol. The van der Waals surface area contributed by atoms with Crippen molar-refractivity contribution in [2.24, 2.45) is 0 Å². The first-order valence-electron chi connectivity index (χ1n) is 8.76. The molecule has 1 saturated heterocycles. The number of rotatable bonds is 8. The number of imidazole rings is 1. The van der Waals surface area contributed by atoms with Gasteiger partial charge in [0.1, 0.15) is 17.7 Å². The molecular weight excluding hydrogens is 547 g/mol. The molecule has 0 amide bonds. The lowest BCUT2D eigenvalue weighted by molar-refractivity contribution is -0.0428. The number of ether oxygens (including phenoxy) is 1. The van der Waals surface area contributed by atoms with Crippen molar-refractivity contribution in [3.05, 3.63) is 12.5 Å². The van der Waals surface area contributed by atoms with Gasteiger partial charge in [0.05, 0.1) is 19.1 Å². The summed E-state index contributed by atoms with van der Waals surface area (Å²) in [6, 6.07) is 0. The van der Waals surface area contributed by atoms with Crippen LogP contribution in [0.2, 0.25) is 0 Å². The Morgan fingerprint density at radius 2 is 1.91 bits per heavy atom. The minimum absolute atomic E-state index is 0.0984. The fraction of sp³-hybridized carbons (Fsp3) is 0.462. The number of alkyl halides is 1. The van der Waals surface area contributed by atoms with Gasteiger partial charge < -0.3 is 35.2 Å². The second kappa shape index (κ2) is 9.53. The topological polar surface area (TPSA) is 259 Å². The van der Waals surface area contributed by atoms with Crippen LogP contribution in [0.3, 0.4) is 0 Å². The highest BCUT2D eigenvalue weighted by Crippen LogP contribution is 2.66. The zero-order chi connectivity index (χ0) is 25.5. The summed E-state index contributed by atoms with van der Waals surface area (Å²) in [5, 5.41) is 10.7. The maximum atomic E-state index is 12.0. The Balaban J connectivity index is 1.83. The van der Waals surface area contributed by atoms with E-state index in [9.17, 15) is 28.6 Å². The number of nitrogens with zero attached hydrogens (tertiary/aromatic N) is 4. The third-order valence-corrected chi connectivity index (χ3v) is 8.47. The molecule has 0 radical (unpaired) electrons. The van der Waals surface area contributed by atoms with Crippen molar-refractivity contribution in [1.82, 2.24) is 19.5 Å². The minimum atomic E-state index is -5.72. The normalized spacial score (nSPS) is 28.7. The van der Waals surface area contributed by atoms with Gasteiger partial charge in [-0.05, 0) is 6.92 Å². The zero-order valence-corrected chi connectivity index (χ0v) is 20.2. The molecule has 1 aliphatic heterocycles. The van der Waals surface area contributed by atoms with Crippen molar-refractivity contribution >= 4 is 52.2 Å². The van der Waals surface area contributed by atoms with Crippen LogP contribution in [0.1, 0.15) is 13.2 Å². The highest BCUT2D eigenvalue weighted by molar-refractivity contribution is 7.66. The SMILES string of the molecule is CC#CC1(Cl)[C@@H](O)[C@@H](COP(=O)(O)OP(=O)(O)OP(=O)(O)O)O[C@H]1n1cnc2cnc(N)nc21. The van der Waals surface area contributed by atoms with Crippen LogP contribution in [0.25, 0.3) is 11.2 Å². The fourth-order valence-electron chi connectivity index (χ4n) is 2.96. The van der Waals surface area contributed by atoms with Crippen molar-refractivity contribution in [2.45, 2.75) is 30.2 Å². The maximum absolute atomic E-state index is 12.0. The van der Waals surface area contributed by atoms with Gasteiger partial charge in [0.2, 0.25) is 5.95 Å². The van der Waals surface area contributed by atoms with E-state index in [1.54, 1.807) is 0 Å². The van der Waals surface area contributed by atoms with Gasteiger partial charge in [0.25, 0.3) is 0 Å². The first-order chi connectivity index (χ1) is 15.6. The molecule has 7 N–H and O–H groups in total. The summed E-state index contributed by atoms with van der Waals surface area (Å²) in [5.74, 6) is 5.02. The van der Waals surface area contributed by atoms with E-state index in [0.29, 0.717) is 5.52 Å². The van der Waals surface area contributed by atoms with Crippen LogP contribution in [0.5, 0.6) is 0 Å². The molecule has 34 heavy (non-hydrogen) atoms. The lowest BCUT2D eigenvalue weighted by Gasteiger charge is -2.25. The van der Waals surface area contributed by atoms with Gasteiger partial charge in [-0.25, -0.2) is 23.7 Å². The van der Waals surface area contributed by atoms with Gasteiger partial charge in [-0.1, -0.05) is 17.5 Å². The molecule has 188 valence electrons. The molecule has 0 aliphatic carbocycles. The number of anilines is 1. The second-order valence-electron chi connectivity index (χ2n) is 6.59. The van der Waals surface area contributed by atoms with Crippen molar-refractivity contribution in [3.63, 3.8) is 0 Å². The number of nitrogen functional groups attached to an aromatic ring is 1. The van der Waals surface area contributed by atoms with Crippen molar-refractivity contribution in [1.29, 1.82) is 0 Å². The van der Waals surface area contributed by atoms with Crippen LogP contribution in [0.15, 0.2) is 12.5 Å². The van der Waals surface area contributed by atoms with E-state index in [2.05, 4.69) is 39.9 Å². The zero-order valence-electron chi connectivity index (χ0n) is 16.8. The Labute approximate surface area is 195 Å². The fourth-order valence-corrected chi connectivity index (χ4v) is 6.39. The number of hydrogen-bond donors (Lipinski definition) is 6. The first kappa shape index (κ1) is 27.1. The van der Waals surface area contributed by atoms with E-state index < -0.39 is 53.4 Å². The lowest BCUT2D eigenvalue weighted by atomic mass is 9.99. The van der Waals surface area contributed by atoms with Gasteiger partial charge in [-0.15, -0.1) is 5.92 Å². The molecular formula is C13H17ClN5O12P3. The summed E-state index contributed by atoms with van der Waals surface area (Å²) in [6.07, 6.45) is -1.84. The van der Waals surface area contributed by atoms with Crippen molar-refractivity contribution < 1.29 is 56.3 Å². The second-order valence-corrected chi connectivity index (χ2v) is 11.6. The predicted octanol–water partition coefficient (Wildman–Crippen LogP) is 0.0110. The molecule has 0 saturated carbocycles. The number of aliphatic hydroxyl groups is 1. The summed E-state index contributed by atoms with van der Waals surface area (Å²) < 4.78 is 52.9. The van der Waals surface area contributed by atoms with Crippen molar-refractivity contribution in [2.75, 3.05) is 12.3 Å². The van der Waals surface area contributed by atoms with E-state index in [1.807, 2.05) is 0 Å². The number of phosphoric acid groups is 3. The third kappa shape index (κ3) is 6.01. The Kier molecular flexibility index (Phi) is 7.60. The number of hydrogen-bond acceptors (Lipinski definition) is 12. The number of aromatic nitrogens is 4. The Morgan fingerprint density at radius 3 is 2.53 bits per heavy atom. The lowest BCUT2D eigenvalue weighted by Crippen LogP contribution is -2.41. The van der Waals surface area contributed by atoms with E-state index in [4.69, 9.17) is 31.9 Å². The summed E-state index contributed by atoms with van der Waals surface area (Å²) in [6.45, 7) is 0.477. The van der Waals surface area contributed by atoms with Gasteiger partial charge in [-0.3, -0.25) is 9.09 Å². The van der Waals surface area contributed by atoms with E-state index in [0.717, 1.165) is 0 Å². The maximum Gasteiger partial charge on any atom is 0.490 e. The molecule has 0 aromatic carbocycles. The highest BCUT2D eigenvalue weighted by Gasteiger charge is 2.56. The number of nitrogens with two attached hydrogens (primary N) is 1. The van der Waals surface area contributed by atoms with Crippen LogP contribution in [-0.2, 0) is 31.6 Å². The summed E-state index contributed by atoms with van der Waals surface area (Å²) in [5.41, 5.74) is 6.07. The number of phosphoric ester groups is 1. The largest absolute Gasteiger partial charge is 0.490 e. The number of aliphatic hydroxyl groups excluding tert-OH is 1. The summed E-state index contributed by atoms with van der Waals surface area (Å²) in [7, 11) is -16.8. The Morgan fingerprint density at radius 1 is 1.24 bits per heavy atom. The molecule has 3 rings (SSSR count). The van der Waals surface area contributed by atoms with Gasteiger partial charge in [0.15, 0.2) is 16.7 Å². The average molecular weight is 564 g/mol. The molecule has 21 heteroatoms. The molecule has 1 aliphatic rings. The first-order valence-corrected chi connectivity index (χ1v) is 13.7. The van der Waals surface area contributed by atoms with Gasteiger partial charge in [0, 0.05) is 0 Å². The molecule has 3 unspecified atom stereocenters. The number of fused-ring (bicyclic) bond motifs is 1. The molecule has 17 nitrogen and oxygen atoms in total. The van der Waals surface area contributed by atoms with Crippen LogP contribution >= 0.6 is 35.1 Å². The standard InChI is InChI=1S/C13H17ClN5O12P3/c1-2-3-13(14)9(20)8(5-28-33(24,25)31-34(26,27)30-32(21,22)23)29-11(13)19-6-17-7-4-16-12(15)18-10(7)19/h4,6,8-9,11,20H,5H2,1H3,(H,24,25)(H,26,27)(H2,15,16,18)(H2,21,22,23)/t8-,9+,11-,13?/m1/s1. The van der Waals surface area contributed by atoms with Crippen LogP contribution in [0.4, 0.5) is 5.95 Å². The van der Waals surface area contributed by atoms with Gasteiger partial charge in [-0.2, -0.15) is 13.6 Å². The summed E-state index contributed by atoms with van der Waals surface area (Å²) in [4.78, 5) is 46.1. The van der Waals surface area contributed by atoms with Crippen LogP contribution in [0, 0.1) is 11.8 Å². The number of halogens is 1. The Hall–Kier alpha value is -1.47. The van der Waals surface area contributed by atoms with E-state index in [1.165, 1.54) is 24.0 Å². The highest BCUT2D eigenvalue weighted by atomic mass is 35.5. The molecule has 1 fully saturated rings.